The molecule has 100 valence electrons. The van der Waals surface area contributed by atoms with Crippen LogP contribution >= 0.6 is 0 Å². The molecule has 1 atom stereocenters. The highest BCUT2D eigenvalue weighted by Crippen LogP contribution is 2.26. The van der Waals surface area contributed by atoms with Gasteiger partial charge in [0.05, 0.1) is 0 Å². The van der Waals surface area contributed by atoms with Crippen LogP contribution in [0.3, 0.4) is 0 Å². The van der Waals surface area contributed by atoms with Crippen LogP contribution in [0.4, 0.5) is 10.5 Å². The van der Waals surface area contributed by atoms with Crippen molar-refractivity contribution in [1.29, 1.82) is 0 Å². The summed E-state index contributed by atoms with van der Waals surface area (Å²) in [7, 11) is 0. The van der Waals surface area contributed by atoms with Crippen LogP contribution in [0.5, 0.6) is 5.75 Å². The van der Waals surface area contributed by atoms with E-state index in [1.165, 1.54) is 6.07 Å². The number of ether oxygens (including phenoxy) is 1. The number of nitrogens with two attached hydrogens (primary N) is 1. The Labute approximate surface area is 107 Å². The Kier molecular flexibility index (Phi) is 4.19. The smallest absolute Gasteiger partial charge is 0.412 e. The van der Waals surface area contributed by atoms with Crippen molar-refractivity contribution in [1.82, 2.24) is 0 Å². The lowest BCUT2D eigenvalue weighted by Crippen LogP contribution is -2.27. The minimum Gasteiger partial charge on any atom is -0.508 e. The monoisotopic (exact) mass is 252 g/mol. The Bertz CT molecular complexity index is 436. The molecule has 0 aliphatic rings. The van der Waals surface area contributed by atoms with Crippen molar-refractivity contribution in [2.24, 2.45) is 5.73 Å². The molecule has 0 aliphatic heterocycles. The zero-order valence-corrected chi connectivity index (χ0v) is 11.2. The maximum atomic E-state index is 11.6. The van der Waals surface area contributed by atoms with Gasteiger partial charge in [-0.3, -0.25) is 5.32 Å². The van der Waals surface area contributed by atoms with Crippen molar-refractivity contribution in [2.45, 2.75) is 39.3 Å². The number of carbonyl (C=O) groups is 1. The fraction of sp³-hybridized carbons (Fsp3) is 0.462. The second-order valence-corrected chi connectivity index (χ2v) is 5.19. The van der Waals surface area contributed by atoms with E-state index in [0.717, 1.165) is 0 Å². The van der Waals surface area contributed by atoms with E-state index in [2.05, 4.69) is 5.32 Å². The van der Waals surface area contributed by atoms with E-state index in [4.69, 9.17) is 10.5 Å². The van der Waals surface area contributed by atoms with Crippen LogP contribution in [0.15, 0.2) is 18.2 Å². The maximum Gasteiger partial charge on any atom is 0.412 e. The van der Waals surface area contributed by atoms with Gasteiger partial charge in [0.1, 0.15) is 11.4 Å². The molecule has 0 radical (unpaired) electrons. The molecule has 1 aromatic carbocycles. The minimum absolute atomic E-state index is 0.111. The zero-order valence-electron chi connectivity index (χ0n) is 11.2. The van der Waals surface area contributed by atoms with Gasteiger partial charge in [0.2, 0.25) is 0 Å². The van der Waals surface area contributed by atoms with E-state index in [1.54, 1.807) is 39.8 Å². The summed E-state index contributed by atoms with van der Waals surface area (Å²) in [4.78, 5) is 11.6. The summed E-state index contributed by atoms with van der Waals surface area (Å²) >= 11 is 0. The number of phenolic OH excluding ortho intramolecular Hbond substituents is 1. The highest BCUT2D eigenvalue weighted by Gasteiger charge is 2.16. The molecule has 0 heterocycles. The van der Waals surface area contributed by atoms with Gasteiger partial charge in [0.15, 0.2) is 0 Å². The Hall–Kier alpha value is -1.75. The average Bonchev–Trinajstić information content (AvgIpc) is 2.17. The lowest BCUT2D eigenvalue weighted by Gasteiger charge is -2.20. The Balaban J connectivity index is 2.80. The van der Waals surface area contributed by atoms with Gasteiger partial charge in [-0.05, 0) is 45.9 Å². The van der Waals surface area contributed by atoms with Crippen molar-refractivity contribution in [2.75, 3.05) is 5.32 Å². The molecule has 0 aliphatic carbocycles. The number of rotatable bonds is 2. The molecule has 1 rings (SSSR count). The van der Waals surface area contributed by atoms with E-state index in [1.807, 2.05) is 0 Å². The van der Waals surface area contributed by atoms with Gasteiger partial charge in [-0.1, -0.05) is 0 Å². The number of benzene rings is 1. The molecule has 4 N–H and O–H groups in total. The predicted octanol–water partition coefficient (Wildman–Crippen LogP) is 2.76. The fourth-order valence-electron chi connectivity index (χ4n) is 1.42. The van der Waals surface area contributed by atoms with E-state index in [-0.39, 0.29) is 11.8 Å². The number of phenols is 1. The summed E-state index contributed by atoms with van der Waals surface area (Å²) in [5.41, 5.74) is 6.27. The highest BCUT2D eigenvalue weighted by molar-refractivity contribution is 5.85. The zero-order chi connectivity index (χ0) is 13.9. The van der Waals surface area contributed by atoms with E-state index in [0.29, 0.717) is 11.3 Å². The first-order valence-electron chi connectivity index (χ1n) is 5.77. The second kappa shape index (κ2) is 5.27. The van der Waals surface area contributed by atoms with Crippen LogP contribution in [0.2, 0.25) is 0 Å². The number of carbonyl (C=O) groups excluding carboxylic acids is 1. The molecule has 0 aromatic heterocycles. The van der Waals surface area contributed by atoms with Gasteiger partial charge in [-0.25, -0.2) is 4.79 Å². The standard InChI is InChI=1S/C13H20N2O3/c1-8(14)10-7-9(5-6-11(10)16)15-12(17)18-13(2,3)4/h5-8,16H,14H2,1-4H3,(H,15,17)/t8-/m0/s1. The minimum atomic E-state index is -0.551. The van der Waals surface area contributed by atoms with Gasteiger partial charge < -0.3 is 15.6 Å². The first-order valence-corrected chi connectivity index (χ1v) is 5.77. The number of anilines is 1. The van der Waals surface area contributed by atoms with Gasteiger partial charge in [0.25, 0.3) is 0 Å². The number of nitrogens with one attached hydrogen (secondary N) is 1. The van der Waals surface area contributed by atoms with E-state index >= 15 is 0 Å². The molecular weight excluding hydrogens is 232 g/mol. The maximum absolute atomic E-state index is 11.6. The topological polar surface area (TPSA) is 84.6 Å². The average molecular weight is 252 g/mol. The summed E-state index contributed by atoms with van der Waals surface area (Å²) in [6.45, 7) is 7.12. The Morgan fingerprint density at radius 3 is 2.56 bits per heavy atom. The fourth-order valence-corrected chi connectivity index (χ4v) is 1.42. The molecule has 0 fully saturated rings. The van der Waals surface area contributed by atoms with Crippen LogP contribution in [-0.2, 0) is 4.74 Å². The third kappa shape index (κ3) is 4.25. The molecule has 1 amide bonds. The number of aromatic hydroxyl groups is 1. The molecule has 18 heavy (non-hydrogen) atoms. The molecule has 0 saturated carbocycles. The van der Waals surface area contributed by atoms with Gasteiger partial charge in [0, 0.05) is 17.3 Å². The predicted molar refractivity (Wildman–Crippen MR) is 70.6 cm³/mol. The van der Waals surface area contributed by atoms with Gasteiger partial charge in [-0.15, -0.1) is 0 Å². The van der Waals surface area contributed by atoms with Gasteiger partial charge in [-0.2, -0.15) is 0 Å². The quantitative estimate of drug-likeness (QED) is 0.706. The molecule has 0 bridgehead atoms. The number of amides is 1. The van der Waals surface area contributed by atoms with Crippen molar-refractivity contribution in [3.63, 3.8) is 0 Å². The summed E-state index contributed by atoms with van der Waals surface area (Å²) in [5.74, 6) is 0.111. The first kappa shape index (κ1) is 14.3. The van der Waals surface area contributed by atoms with Crippen molar-refractivity contribution in [3.8, 4) is 5.75 Å². The molecule has 0 spiro atoms. The van der Waals surface area contributed by atoms with E-state index in [9.17, 15) is 9.90 Å². The van der Waals surface area contributed by atoms with E-state index < -0.39 is 11.7 Å². The summed E-state index contributed by atoms with van der Waals surface area (Å²) < 4.78 is 5.13. The molecule has 0 saturated heterocycles. The second-order valence-electron chi connectivity index (χ2n) is 5.19. The van der Waals surface area contributed by atoms with Crippen LogP contribution in [0, 0.1) is 0 Å². The normalized spacial score (nSPS) is 12.9. The SMILES string of the molecule is C[C@H](N)c1cc(NC(=O)OC(C)(C)C)ccc1O. The molecule has 5 nitrogen and oxygen atoms in total. The van der Waals surface area contributed by atoms with Crippen molar-refractivity contribution in [3.05, 3.63) is 23.8 Å². The van der Waals surface area contributed by atoms with Crippen LogP contribution < -0.4 is 11.1 Å². The molecule has 1 aromatic rings. The molecule has 5 heteroatoms. The first-order chi connectivity index (χ1) is 8.19. The molecule has 0 unspecified atom stereocenters. The Morgan fingerprint density at radius 1 is 1.44 bits per heavy atom. The number of hydrogen-bond acceptors (Lipinski definition) is 4. The molecular formula is C13H20N2O3. The van der Waals surface area contributed by atoms with Crippen molar-refractivity contribution < 1.29 is 14.6 Å². The largest absolute Gasteiger partial charge is 0.508 e. The summed E-state index contributed by atoms with van der Waals surface area (Å²) in [6.07, 6.45) is -0.538. The van der Waals surface area contributed by atoms with Gasteiger partial charge >= 0.3 is 6.09 Å². The lowest BCUT2D eigenvalue weighted by molar-refractivity contribution is 0.0636. The van der Waals surface area contributed by atoms with Crippen molar-refractivity contribution >= 4 is 11.8 Å². The van der Waals surface area contributed by atoms with Crippen LogP contribution in [-0.4, -0.2) is 16.8 Å². The summed E-state index contributed by atoms with van der Waals surface area (Å²) in [6, 6.07) is 4.39. The highest BCUT2D eigenvalue weighted by atomic mass is 16.6. The lowest BCUT2D eigenvalue weighted by atomic mass is 10.1. The number of hydrogen-bond donors (Lipinski definition) is 3. The summed E-state index contributed by atoms with van der Waals surface area (Å²) in [5, 5.41) is 12.2. The van der Waals surface area contributed by atoms with Crippen LogP contribution in [0.25, 0.3) is 0 Å². The third-order valence-corrected chi connectivity index (χ3v) is 2.16. The Morgan fingerprint density at radius 2 is 2.06 bits per heavy atom. The van der Waals surface area contributed by atoms with Crippen LogP contribution in [0.1, 0.15) is 39.3 Å². The third-order valence-electron chi connectivity index (χ3n) is 2.16.